The van der Waals surface area contributed by atoms with Crippen LogP contribution < -0.4 is 10.2 Å². The van der Waals surface area contributed by atoms with Crippen LogP contribution in [0.1, 0.15) is 77.4 Å². The van der Waals surface area contributed by atoms with Crippen molar-refractivity contribution in [3.05, 3.63) is 41.2 Å². The summed E-state index contributed by atoms with van der Waals surface area (Å²) >= 11 is 0. The number of benzene rings is 1. The molecular weight excluding hydrogens is 470 g/mol. The third-order valence-electron chi connectivity index (χ3n) is 6.67. The normalized spacial score (nSPS) is 16.3. The predicted octanol–water partition coefficient (Wildman–Crippen LogP) is 6.50. The van der Waals surface area contributed by atoms with Crippen LogP contribution in [0, 0.1) is 19.3 Å². The Morgan fingerprint density at radius 1 is 1.11 bits per heavy atom. The molecule has 3 rings (SSSR count). The summed E-state index contributed by atoms with van der Waals surface area (Å²) in [5, 5.41) is 13.0. The van der Waals surface area contributed by atoms with E-state index in [-0.39, 0.29) is 12.0 Å². The van der Waals surface area contributed by atoms with E-state index in [2.05, 4.69) is 24.1 Å². The number of hydrogen-bond acceptors (Lipinski definition) is 6. The van der Waals surface area contributed by atoms with Crippen LogP contribution >= 0.6 is 0 Å². The number of pyridine rings is 1. The average Bonchev–Trinajstić information content (AvgIpc) is 2.78. The first kappa shape index (κ1) is 28.4. The highest BCUT2D eigenvalue weighted by Crippen LogP contribution is 2.44. The Kier molecular flexibility index (Phi) is 8.52. The van der Waals surface area contributed by atoms with E-state index in [1.54, 1.807) is 6.92 Å². The van der Waals surface area contributed by atoms with Gasteiger partial charge in [0.15, 0.2) is 6.10 Å². The van der Waals surface area contributed by atoms with Gasteiger partial charge in [0.1, 0.15) is 0 Å². The maximum atomic E-state index is 12.6. The molecule has 37 heavy (non-hydrogen) atoms. The topological polar surface area (TPSA) is 101 Å². The van der Waals surface area contributed by atoms with Crippen LogP contribution in [0.3, 0.4) is 0 Å². The molecular formula is C29H41N3O5. The molecule has 1 unspecified atom stereocenters. The Labute approximate surface area is 220 Å². The van der Waals surface area contributed by atoms with Crippen LogP contribution in [0.15, 0.2) is 24.3 Å². The fraction of sp³-hybridized carbons (Fsp3) is 0.552. The molecule has 0 bridgehead atoms. The Morgan fingerprint density at radius 3 is 2.22 bits per heavy atom. The summed E-state index contributed by atoms with van der Waals surface area (Å²) in [4.78, 5) is 31.5. The first-order valence-corrected chi connectivity index (χ1v) is 12.9. The van der Waals surface area contributed by atoms with Gasteiger partial charge in [0.25, 0.3) is 0 Å². The minimum absolute atomic E-state index is 0.225. The summed E-state index contributed by atoms with van der Waals surface area (Å²) < 4.78 is 11.1. The first-order valence-electron chi connectivity index (χ1n) is 12.9. The molecule has 1 aliphatic rings. The molecule has 1 amide bonds. The second-order valence-corrected chi connectivity index (χ2v) is 11.4. The van der Waals surface area contributed by atoms with Crippen molar-refractivity contribution in [2.75, 3.05) is 29.9 Å². The first-order chi connectivity index (χ1) is 17.2. The van der Waals surface area contributed by atoms with Gasteiger partial charge < -0.3 is 19.5 Å². The van der Waals surface area contributed by atoms with Gasteiger partial charge >= 0.3 is 12.1 Å². The molecule has 2 heterocycles. The number of nitrogens with one attached hydrogen (secondary N) is 1. The quantitative estimate of drug-likeness (QED) is 0.437. The lowest BCUT2D eigenvalue weighted by atomic mass is 9.82. The molecule has 2 aromatic rings. The number of carboxylic acids is 1. The molecule has 8 nitrogen and oxygen atoms in total. The lowest BCUT2D eigenvalue weighted by Crippen LogP contribution is -2.39. The molecule has 1 aromatic heterocycles. The zero-order chi connectivity index (χ0) is 27.5. The number of carboxylic acid groups (broad SMARTS) is 1. The molecule has 1 saturated heterocycles. The molecule has 2 N–H and O–H groups in total. The molecule has 1 atom stereocenters. The van der Waals surface area contributed by atoms with Gasteiger partial charge in [-0.15, -0.1) is 0 Å². The van der Waals surface area contributed by atoms with Crippen molar-refractivity contribution in [1.82, 2.24) is 4.98 Å². The summed E-state index contributed by atoms with van der Waals surface area (Å²) in [6, 6.07) is 7.47. The number of piperidine rings is 1. The highest BCUT2D eigenvalue weighted by molar-refractivity contribution is 5.89. The van der Waals surface area contributed by atoms with Crippen LogP contribution in [0.4, 0.5) is 16.2 Å². The van der Waals surface area contributed by atoms with Crippen LogP contribution in [-0.2, 0) is 14.3 Å². The number of carbonyl (C=O) groups is 2. The second kappa shape index (κ2) is 11.1. The van der Waals surface area contributed by atoms with Crippen LogP contribution in [0.25, 0.3) is 11.1 Å². The van der Waals surface area contributed by atoms with Crippen molar-refractivity contribution in [1.29, 1.82) is 0 Å². The van der Waals surface area contributed by atoms with Gasteiger partial charge in [-0.05, 0) is 77.5 Å². The summed E-state index contributed by atoms with van der Waals surface area (Å²) in [5.41, 5.74) is 4.86. The highest BCUT2D eigenvalue weighted by atomic mass is 16.5. The maximum absolute atomic E-state index is 12.6. The second-order valence-electron chi connectivity index (χ2n) is 11.4. The fourth-order valence-corrected chi connectivity index (χ4v) is 4.76. The number of hydrogen-bond donors (Lipinski definition) is 2. The molecule has 1 aliphatic heterocycles. The summed E-state index contributed by atoms with van der Waals surface area (Å²) in [5.74, 6) is -1.04. The number of amides is 1. The van der Waals surface area contributed by atoms with E-state index in [4.69, 9.17) is 14.5 Å². The van der Waals surface area contributed by atoms with Crippen molar-refractivity contribution >= 4 is 23.4 Å². The molecule has 1 aromatic carbocycles. The van der Waals surface area contributed by atoms with Gasteiger partial charge in [0, 0.05) is 41.3 Å². The summed E-state index contributed by atoms with van der Waals surface area (Å²) in [6.45, 7) is 17.6. The number of aromatic nitrogens is 1. The molecule has 1 fully saturated rings. The minimum Gasteiger partial charge on any atom is -0.479 e. The van der Waals surface area contributed by atoms with E-state index in [0.717, 1.165) is 48.4 Å². The molecule has 0 radical (unpaired) electrons. The number of carbonyl (C=O) groups excluding carboxylic acids is 1. The van der Waals surface area contributed by atoms with E-state index in [1.807, 2.05) is 58.9 Å². The third kappa shape index (κ3) is 7.01. The van der Waals surface area contributed by atoms with E-state index in [1.165, 1.54) is 0 Å². The van der Waals surface area contributed by atoms with Gasteiger partial charge in [-0.25, -0.2) is 9.59 Å². The maximum Gasteiger partial charge on any atom is 0.411 e. The third-order valence-corrected chi connectivity index (χ3v) is 6.67. The number of nitrogens with zero attached hydrogens (tertiary/aromatic N) is 2. The largest absolute Gasteiger partial charge is 0.479 e. The van der Waals surface area contributed by atoms with Crippen molar-refractivity contribution in [2.45, 2.75) is 79.9 Å². The van der Waals surface area contributed by atoms with Gasteiger partial charge in [-0.3, -0.25) is 10.3 Å². The summed E-state index contributed by atoms with van der Waals surface area (Å²) in [6.07, 6.45) is 0.312. The minimum atomic E-state index is -1.17. The Balaban J connectivity index is 2.19. The Hall–Kier alpha value is -3.13. The van der Waals surface area contributed by atoms with Crippen LogP contribution in [0.5, 0.6) is 0 Å². The van der Waals surface area contributed by atoms with Crippen molar-refractivity contribution in [3.8, 4) is 11.1 Å². The molecule has 202 valence electrons. The van der Waals surface area contributed by atoms with Gasteiger partial charge in [0.05, 0.1) is 17.9 Å². The Bertz CT molecular complexity index is 1130. The lowest BCUT2D eigenvalue weighted by molar-refractivity contribution is -0.160. The lowest BCUT2D eigenvalue weighted by Gasteiger charge is -2.41. The number of aliphatic carboxylic acids is 1. The number of rotatable bonds is 7. The van der Waals surface area contributed by atoms with E-state index < -0.39 is 23.8 Å². The molecule has 0 aliphatic carbocycles. The smallest absolute Gasteiger partial charge is 0.411 e. The highest BCUT2D eigenvalue weighted by Gasteiger charge is 2.36. The number of ether oxygens (including phenoxy) is 2. The standard InChI is InChI=1S/C29H41N3O5/c1-9-36-27(35)31-21-12-10-20(11-13-21)22-18(2)30-19(3)23(25(26(33)34)37-28(4,5)6)24(22)32-16-14-29(7,8)15-17-32/h10-13,25H,9,14-17H2,1-8H3,(H,31,35)(H,33,34). The van der Waals surface area contributed by atoms with Crippen molar-refractivity contribution < 1.29 is 24.2 Å². The monoisotopic (exact) mass is 511 g/mol. The number of aryl methyl sites for hydroxylation is 2. The number of anilines is 2. The van der Waals surface area contributed by atoms with Crippen LogP contribution in [0.2, 0.25) is 0 Å². The molecule has 0 spiro atoms. The molecule has 0 saturated carbocycles. The van der Waals surface area contributed by atoms with Crippen molar-refractivity contribution in [3.63, 3.8) is 0 Å². The van der Waals surface area contributed by atoms with E-state index in [9.17, 15) is 14.7 Å². The Morgan fingerprint density at radius 2 is 1.70 bits per heavy atom. The average molecular weight is 512 g/mol. The SMILES string of the molecule is CCOC(=O)Nc1ccc(-c2c(C)nc(C)c(C(OC(C)(C)C)C(=O)O)c2N2CCC(C)(C)CC2)cc1. The molecule has 8 heteroatoms. The van der Waals surface area contributed by atoms with Crippen molar-refractivity contribution in [2.24, 2.45) is 5.41 Å². The van der Waals surface area contributed by atoms with E-state index >= 15 is 0 Å². The fourth-order valence-electron chi connectivity index (χ4n) is 4.76. The van der Waals surface area contributed by atoms with E-state index in [0.29, 0.717) is 16.9 Å². The van der Waals surface area contributed by atoms with Gasteiger partial charge in [-0.2, -0.15) is 0 Å². The zero-order valence-corrected chi connectivity index (χ0v) is 23.4. The summed E-state index contributed by atoms with van der Waals surface area (Å²) in [7, 11) is 0. The van der Waals surface area contributed by atoms with Gasteiger partial charge in [-0.1, -0.05) is 26.0 Å². The predicted molar refractivity (Wildman–Crippen MR) is 146 cm³/mol. The van der Waals surface area contributed by atoms with Gasteiger partial charge in [0.2, 0.25) is 0 Å². The zero-order valence-electron chi connectivity index (χ0n) is 23.4. The van der Waals surface area contributed by atoms with Crippen LogP contribution in [-0.4, -0.2) is 47.5 Å².